The molecule has 1 N–H and O–H groups in total. The molecular weight excluding hydrogens is 324 g/mol. The zero-order chi connectivity index (χ0) is 18.5. The lowest BCUT2D eigenvalue weighted by molar-refractivity contribution is -0.136. The molecule has 0 radical (unpaired) electrons. The van der Waals surface area contributed by atoms with E-state index in [4.69, 9.17) is 9.15 Å². The van der Waals surface area contributed by atoms with Gasteiger partial charge < -0.3 is 14.3 Å². The molecule has 0 saturated heterocycles. The van der Waals surface area contributed by atoms with Gasteiger partial charge in [-0.05, 0) is 31.7 Å². The van der Waals surface area contributed by atoms with Gasteiger partial charge in [0.25, 0.3) is 0 Å². The number of hydrogen-bond donors (Lipinski definition) is 1. The van der Waals surface area contributed by atoms with Crippen molar-refractivity contribution in [2.24, 2.45) is 5.92 Å². The number of hydrogen-bond acceptors (Lipinski definition) is 6. The van der Waals surface area contributed by atoms with Gasteiger partial charge in [-0.1, -0.05) is 13.8 Å². The Bertz CT molecular complexity index is 951. The summed E-state index contributed by atoms with van der Waals surface area (Å²) in [6, 6.07) is 1.27. The van der Waals surface area contributed by atoms with Gasteiger partial charge >= 0.3 is 11.6 Å². The summed E-state index contributed by atoms with van der Waals surface area (Å²) >= 11 is 0. The lowest BCUT2D eigenvalue weighted by atomic mass is 9.82. The largest absolute Gasteiger partial charge is 0.506 e. The minimum absolute atomic E-state index is 0.0214. The van der Waals surface area contributed by atoms with Crippen molar-refractivity contribution in [3.05, 3.63) is 33.2 Å². The molecule has 2 heterocycles. The molecule has 3 rings (SSSR count). The first kappa shape index (κ1) is 17.2. The number of aryl methyl sites for hydroxylation is 1. The molecular formula is C19H20O6. The summed E-state index contributed by atoms with van der Waals surface area (Å²) < 4.78 is 10.7. The van der Waals surface area contributed by atoms with Crippen LogP contribution in [0.1, 0.15) is 61.0 Å². The molecule has 0 unspecified atom stereocenters. The van der Waals surface area contributed by atoms with Crippen molar-refractivity contribution in [2.75, 3.05) is 0 Å². The third-order valence-corrected chi connectivity index (χ3v) is 4.49. The van der Waals surface area contributed by atoms with Crippen LogP contribution in [-0.4, -0.2) is 16.9 Å². The molecule has 2 aromatic rings. The number of Topliss-reactive ketones (excluding diaryl/α,β-unsaturated/α-hetero) is 1. The Balaban J connectivity index is 2.49. The molecule has 0 saturated carbocycles. The predicted octanol–water partition coefficient (Wildman–Crippen LogP) is 3.45. The first-order valence-electron chi connectivity index (χ1n) is 8.25. The SMILES string of the molecule is CC(=O)c1c2c(c3oc(=O)cc(C)c3c1O)[C@@H](CC(C)C)CC(=O)O2. The van der Waals surface area contributed by atoms with Gasteiger partial charge in [-0.25, -0.2) is 4.79 Å². The van der Waals surface area contributed by atoms with E-state index >= 15 is 0 Å². The quantitative estimate of drug-likeness (QED) is 0.397. The Kier molecular flexibility index (Phi) is 4.14. The van der Waals surface area contributed by atoms with Crippen LogP contribution in [0, 0.1) is 12.8 Å². The van der Waals surface area contributed by atoms with Gasteiger partial charge in [0.2, 0.25) is 0 Å². The molecule has 1 aromatic carbocycles. The standard InChI is InChI=1S/C19H20O6/c1-8(2)5-11-7-13(22)25-19-15(10(4)20)17(23)14-9(3)6-12(21)24-18(14)16(11)19/h6,8,11,23H,5,7H2,1-4H3/t11-/m0/s1. The third kappa shape index (κ3) is 2.81. The molecule has 1 atom stereocenters. The van der Waals surface area contributed by atoms with E-state index in [1.54, 1.807) is 6.92 Å². The average Bonchev–Trinajstić information content (AvgIpc) is 2.44. The summed E-state index contributed by atoms with van der Waals surface area (Å²) in [6.07, 6.45) is 0.803. The van der Waals surface area contributed by atoms with Crippen molar-refractivity contribution >= 4 is 22.7 Å². The summed E-state index contributed by atoms with van der Waals surface area (Å²) in [5.74, 6) is -1.14. The Morgan fingerprint density at radius 1 is 1.36 bits per heavy atom. The summed E-state index contributed by atoms with van der Waals surface area (Å²) in [4.78, 5) is 36.1. The topological polar surface area (TPSA) is 93.8 Å². The number of carbonyl (C=O) groups is 2. The second kappa shape index (κ2) is 6.02. The first-order valence-corrected chi connectivity index (χ1v) is 8.25. The van der Waals surface area contributed by atoms with Crippen LogP contribution in [0.4, 0.5) is 0 Å². The zero-order valence-corrected chi connectivity index (χ0v) is 14.6. The Morgan fingerprint density at radius 3 is 2.64 bits per heavy atom. The maximum atomic E-state index is 12.2. The second-order valence-electron chi connectivity index (χ2n) is 6.98. The Morgan fingerprint density at radius 2 is 2.04 bits per heavy atom. The molecule has 6 nitrogen and oxygen atoms in total. The maximum Gasteiger partial charge on any atom is 0.336 e. The van der Waals surface area contributed by atoms with Crippen LogP contribution < -0.4 is 10.4 Å². The highest BCUT2D eigenvalue weighted by molar-refractivity contribution is 6.08. The van der Waals surface area contributed by atoms with Gasteiger partial charge in [0.15, 0.2) is 11.5 Å². The number of carbonyl (C=O) groups excluding carboxylic acids is 2. The summed E-state index contributed by atoms with van der Waals surface area (Å²) in [6.45, 7) is 7.02. The van der Waals surface area contributed by atoms with E-state index in [-0.39, 0.29) is 40.9 Å². The highest BCUT2D eigenvalue weighted by Crippen LogP contribution is 2.49. The minimum Gasteiger partial charge on any atom is -0.506 e. The molecule has 0 bridgehead atoms. The molecule has 0 fully saturated rings. The van der Waals surface area contributed by atoms with Crippen LogP contribution in [-0.2, 0) is 4.79 Å². The van der Waals surface area contributed by atoms with E-state index in [0.29, 0.717) is 22.9 Å². The second-order valence-corrected chi connectivity index (χ2v) is 6.98. The smallest absolute Gasteiger partial charge is 0.336 e. The molecule has 25 heavy (non-hydrogen) atoms. The molecule has 0 spiro atoms. The number of benzene rings is 1. The number of aromatic hydroxyl groups is 1. The average molecular weight is 344 g/mol. The number of esters is 1. The number of ketones is 1. The summed E-state index contributed by atoms with van der Waals surface area (Å²) in [5.41, 5.74) is 0.630. The zero-order valence-electron chi connectivity index (χ0n) is 14.6. The maximum absolute atomic E-state index is 12.2. The Labute approximate surface area is 144 Å². The lowest BCUT2D eigenvalue weighted by Gasteiger charge is -2.28. The Hall–Kier alpha value is -2.63. The van der Waals surface area contributed by atoms with Crippen LogP contribution in [0.15, 0.2) is 15.3 Å². The molecule has 0 aliphatic carbocycles. The first-order chi connectivity index (χ1) is 11.7. The number of phenols is 1. The van der Waals surface area contributed by atoms with Gasteiger partial charge in [0.05, 0.1) is 11.8 Å². The molecule has 6 heteroatoms. The van der Waals surface area contributed by atoms with Gasteiger partial charge in [-0.15, -0.1) is 0 Å². The molecule has 1 aliphatic heterocycles. The van der Waals surface area contributed by atoms with Gasteiger partial charge in [0.1, 0.15) is 16.9 Å². The molecule has 132 valence electrons. The van der Waals surface area contributed by atoms with Crippen molar-refractivity contribution in [3.8, 4) is 11.5 Å². The summed E-state index contributed by atoms with van der Waals surface area (Å²) in [5, 5.41) is 10.9. The van der Waals surface area contributed by atoms with E-state index in [1.807, 2.05) is 13.8 Å². The molecule has 1 aromatic heterocycles. The van der Waals surface area contributed by atoms with Crippen LogP contribution in [0.25, 0.3) is 11.0 Å². The number of phenolic OH excluding ortho intramolecular Hbond substituents is 1. The number of fused-ring (bicyclic) bond motifs is 3. The van der Waals surface area contributed by atoms with Crippen molar-refractivity contribution < 1.29 is 23.8 Å². The fraction of sp³-hybridized carbons (Fsp3) is 0.421. The predicted molar refractivity (Wildman–Crippen MR) is 91.3 cm³/mol. The van der Waals surface area contributed by atoms with E-state index < -0.39 is 17.4 Å². The van der Waals surface area contributed by atoms with Crippen molar-refractivity contribution in [1.29, 1.82) is 0 Å². The van der Waals surface area contributed by atoms with Gasteiger partial charge in [-0.2, -0.15) is 0 Å². The normalized spacial score (nSPS) is 16.8. The van der Waals surface area contributed by atoms with Crippen molar-refractivity contribution in [3.63, 3.8) is 0 Å². The van der Waals surface area contributed by atoms with E-state index in [1.165, 1.54) is 13.0 Å². The number of ether oxygens (including phenoxy) is 1. The number of rotatable bonds is 3. The van der Waals surface area contributed by atoms with Gasteiger partial charge in [-0.3, -0.25) is 9.59 Å². The monoisotopic (exact) mass is 344 g/mol. The fourth-order valence-corrected chi connectivity index (χ4v) is 3.60. The minimum atomic E-state index is -0.553. The van der Waals surface area contributed by atoms with E-state index in [9.17, 15) is 19.5 Å². The lowest BCUT2D eigenvalue weighted by Crippen LogP contribution is -2.24. The van der Waals surface area contributed by atoms with Crippen molar-refractivity contribution in [1.82, 2.24) is 0 Å². The highest BCUT2D eigenvalue weighted by Gasteiger charge is 2.36. The van der Waals surface area contributed by atoms with Gasteiger partial charge in [0, 0.05) is 17.5 Å². The van der Waals surface area contributed by atoms with Crippen LogP contribution in [0.2, 0.25) is 0 Å². The third-order valence-electron chi connectivity index (χ3n) is 4.49. The molecule has 0 amide bonds. The highest BCUT2D eigenvalue weighted by atomic mass is 16.5. The fourth-order valence-electron chi connectivity index (χ4n) is 3.60. The van der Waals surface area contributed by atoms with Crippen LogP contribution in [0.3, 0.4) is 0 Å². The van der Waals surface area contributed by atoms with Crippen molar-refractivity contribution in [2.45, 2.75) is 46.5 Å². The van der Waals surface area contributed by atoms with E-state index in [2.05, 4.69) is 0 Å². The van der Waals surface area contributed by atoms with Crippen LogP contribution in [0.5, 0.6) is 11.5 Å². The van der Waals surface area contributed by atoms with E-state index in [0.717, 1.165) is 0 Å². The van der Waals surface area contributed by atoms with Crippen LogP contribution >= 0.6 is 0 Å². The molecule has 1 aliphatic rings. The summed E-state index contributed by atoms with van der Waals surface area (Å²) in [7, 11) is 0.